The smallest absolute Gasteiger partial charge is 0.316 e. The molecule has 3 amide bonds. The van der Waals surface area contributed by atoms with Crippen LogP contribution < -0.4 is 16.4 Å². The van der Waals surface area contributed by atoms with Crippen molar-refractivity contribution in [3.8, 4) is 0 Å². The molecule has 0 aromatic heterocycles. The second kappa shape index (κ2) is 7.66. The highest BCUT2D eigenvalue weighted by atomic mass is 16.5. The summed E-state index contributed by atoms with van der Waals surface area (Å²) in [4.78, 5) is 23.1. The number of carbonyl (C=O) groups is 2. The van der Waals surface area contributed by atoms with E-state index in [1.54, 1.807) is 24.3 Å². The Hall–Kier alpha value is -2.08. The van der Waals surface area contributed by atoms with Gasteiger partial charge < -0.3 is 21.1 Å². The molecule has 0 aliphatic carbocycles. The zero-order chi connectivity index (χ0) is 17.7. The Labute approximate surface area is 143 Å². The fraction of sp³-hybridized carbons (Fsp3) is 0.556. The largest absolute Gasteiger partial charge is 0.377 e. The van der Waals surface area contributed by atoms with Crippen LogP contribution in [0.1, 0.15) is 44.0 Å². The summed E-state index contributed by atoms with van der Waals surface area (Å²) in [7, 11) is 0. The minimum absolute atomic E-state index is 0.0535. The van der Waals surface area contributed by atoms with Crippen molar-refractivity contribution in [1.29, 1.82) is 0 Å². The van der Waals surface area contributed by atoms with E-state index in [-0.39, 0.29) is 17.4 Å². The van der Waals surface area contributed by atoms with Crippen molar-refractivity contribution in [2.45, 2.75) is 39.7 Å². The quantitative estimate of drug-likeness (QED) is 0.791. The molecule has 1 saturated heterocycles. The number of primary amides is 1. The molecule has 1 aromatic carbocycles. The maximum absolute atomic E-state index is 12.3. The van der Waals surface area contributed by atoms with Crippen LogP contribution in [0.3, 0.4) is 0 Å². The molecule has 0 spiro atoms. The van der Waals surface area contributed by atoms with E-state index in [0.717, 1.165) is 19.4 Å². The number of nitrogens with two attached hydrogens (primary N) is 1. The average molecular weight is 333 g/mol. The summed E-state index contributed by atoms with van der Waals surface area (Å²) in [5.74, 6) is 0.192. The van der Waals surface area contributed by atoms with Gasteiger partial charge in [0.15, 0.2) is 0 Å². The first kappa shape index (κ1) is 18.3. The van der Waals surface area contributed by atoms with Crippen molar-refractivity contribution in [1.82, 2.24) is 5.32 Å². The SMILES string of the molecule is CC(C)(C)C1OCCCC1CNC(=O)c1ccc(NC(N)=O)cc1. The molecule has 2 rings (SSSR count). The van der Waals surface area contributed by atoms with E-state index in [1.165, 1.54) is 0 Å². The molecule has 0 bridgehead atoms. The number of amides is 3. The van der Waals surface area contributed by atoms with E-state index in [1.807, 2.05) is 0 Å². The van der Waals surface area contributed by atoms with E-state index in [2.05, 4.69) is 31.4 Å². The summed E-state index contributed by atoms with van der Waals surface area (Å²) < 4.78 is 5.94. The zero-order valence-electron chi connectivity index (χ0n) is 14.6. The van der Waals surface area contributed by atoms with Gasteiger partial charge in [0.2, 0.25) is 0 Å². The molecule has 1 aliphatic heterocycles. The van der Waals surface area contributed by atoms with Crippen LogP contribution in [0.2, 0.25) is 0 Å². The number of carbonyl (C=O) groups excluding carboxylic acids is 2. The Balaban J connectivity index is 1.93. The van der Waals surface area contributed by atoms with Crippen LogP contribution >= 0.6 is 0 Å². The van der Waals surface area contributed by atoms with Gasteiger partial charge in [0, 0.05) is 30.3 Å². The molecule has 4 N–H and O–H groups in total. The monoisotopic (exact) mass is 333 g/mol. The van der Waals surface area contributed by atoms with Crippen LogP contribution in [0.4, 0.5) is 10.5 Å². The van der Waals surface area contributed by atoms with Gasteiger partial charge in [0.1, 0.15) is 0 Å². The number of benzene rings is 1. The van der Waals surface area contributed by atoms with Crippen LogP contribution in [-0.4, -0.2) is 31.2 Å². The molecule has 132 valence electrons. The van der Waals surface area contributed by atoms with Crippen LogP contribution in [-0.2, 0) is 4.74 Å². The normalized spacial score (nSPS) is 21.1. The lowest BCUT2D eigenvalue weighted by Crippen LogP contribution is -2.45. The number of anilines is 1. The number of hydrogen-bond acceptors (Lipinski definition) is 3. The summed E-state index contributed by atoms with van der Waals surface area (Å²) in [5.41, 5.74) is 6.23. The summed E-state index contributed by atoms with van der Waals surface area (Å²) >= 11 is 0. The van der Waals surface area contributed by atoms with Crippen molar-refractivity contribution in [3.05, 3.63) is 29.8 Å². The molecular formula is C18H27N3O3. The third-order valence-electron chi connectivity index (χ3n) is 4.24. The fourth-order valence-electron chi connectivity index (χ4n) is 3.18. The lowest BCUT2D eigenvalue weighted by atomic mass is 9.78. The number of urea groups is 1. The van der Waals surface area contributed by atoms with Gasteiger partial charge in [-0.3, -0.25) is 4.79 Å². The molecule has 2 atom stereocenters. The highest BCUT2D eigenvalue weighted by molar-refractivity contribution is 5.95. The van der Waals surface area contributed by atoms with Crippen molar-refractivity contribution < 1.29 is 14.3 Å². The van der Waals surface area contributed by atoms with E-state index < -0.39 is 6.03 Å². The molecule has 0 saturated carbocycles. The van der Waals surface area contributed by atoms with Crippen molar-refractivity contribution in [3.63, 3.8) is 0 Å². The van der Waals surface area contributed by atoms with Gasteiger partial charge in [0.05, 0.1) is 6.10 Å². The summed E-state index contributed by atoms with van der Waals surface area (Å²) in [6.07, 6.45) is 2.23. The van der Waals surface area contributed by atoms with Crippen molar-refractivity contribution in [2.24, 2.45) is 17.1 Å². The van der Waals surface area contributed by atoms with Crippen molar-refractivity contribution in [2.75, 3.05) is 18.5 Å². The maximum atomic E-state index is 12.3. The molecular weight excluding hydrogens is 306 g/mol. The van der Waals surface area contributed by atoms with Crippen LogP contribution in [0.15, 0.2) is 24.3 Å². The number of hydrogen-bond donors (Lipinski definition) is 3. The number of ether oxygens (including phenoxy) is 1. The molecule has 6 heteroatoms. The topological polar surface area (TPSA) is 93.4 Å². The lowest BCUT2D eigenvalue weighted by molar-refractivity contribution is -0.0839. The van der Waals surface area contributed by atoms with Gasteiger partial charge in [-0.25, -0.2) is 4.79 Å². The Morgan fingerprint density at radius 2 is 1.92 bits per heavy atom. The van der Waals surface area contributed by atoms with Gasteiger partial charge >= 0.3 is 6.03 Å². The van der Waals surface area contributed by atoms with Crippen LogP contribution in [0, 0.1) is 11.3 Å². The number of nitrogens with one attached hydrogen (secondary N) is 2. The lowest BCUT2D eigenvalue weighted by Gasteiger charge is -2.40. The summed E-state index contributed by atoms with van der Waals surface area (Å²) in [5, 5.41) is 5.47. The minimum atomic E-state index is -0.627. The maximum Gasteiger partial charge on any atom is 0.316 e. The third-order valence-corrected chi connectivity index (χ3v) is 4.24. The first-order valence-corrected chi connectivity index (χ1v) is 8.33. The second-order valence-electron chi connectivity index (χ2n) is 7.34. The van der Waals surface area contributed by atoms with E-state index in [4.69, 9.17) is 10.5 Å². The Morgan fingerprint density at radius 1 is 1.25 bits per heavy atom. The van der Waals surface area contributed by atoms with Gasteiger partial charge in [-0.05, 0) is 42.5 Å². The molecule has 24 heavy (non-hydrogen) atoms. The Kier molecular flexibility index (Phi) is 5.83. The first-order valence-electron chi connectivity index (χ1n) is 8.33. The van der Waals surface area contributed by atoms with Gasteiger partial charge in [0.25, 0.3) is 5.91 Å². The molecule has 1 aromatic rings. The highest BCUT2D eigenvalue weighted by Gasteiger charge is 2.35. The minimum Gasteiger partial charge on any atom is -0.377 e. The predicted octanol–water partition coefficient (Wildman–Crippen LogP) is 2.75. The molecule has 1 aliphatic rings. The zero-order valence-corrected chi connectivity index (χ0v) is 14.6. The fourth-order valence-corrected chi connectivity index (χ4v) is 3.18. The molecule has 1 fully saturated rings. The summed E-state index contributed by atoms with van der Waals surface area (Å²) in [6.45, 7) is 7.90. The highest BCUT2D eigenvalue weighted by Crippen LogP contribution is 2.33. The third kappa shape index (κ3) is 4.96. The van der Waals surface area contributed by atoms with Gasteiger partial charge in [-0.1, -0.05) is 20.8 Å². The van der Waals surface area contributed by atoms with Crippen LogP contribution in [0.5, 0.6) is 0 Å². The Bertz CT molecular complexity index is 578. The van der Waals surface area contributed by atoms with E-state index in [0.29, 0.717) is 23.7 Å². The van der Waals surface area contributed by atoms with E-state index >= 15 is 0 Å². The van der Waals surface area contributed by atoms with Gasteiger partial charge in [-0.2, -0.15) is 0 Å². The summed E-state index contributed by atoms with van der Waals surface area (Å²) in [6, 6.07) is 6.01. The van der Waals surface area contributed by atoms with Crippen LogP contribution in [0.25, 0.3) is 0 Å². The Morgan fingerprint density at radius 3 is 2.50 bits per heavy atom. The second-order valence-corrected chi connectivity index (χ2v) is 7.34. The molecule has 6 nitrogen and oxygen atoms in total. The number of rotatable bonds is 4. The van der Waals surface area contributed by atoms with E-state index in [9.17, 15) is 9.59 Å². The standard InChI is InChI=1S/C18H27N3O3/c1-18(2,3)15-13(5-4-10-24-15)11-20-16(22)12-6-8-14(9-7-12)21-17(19)23/h6-9,13,15H,4-5,10-11H2,1-3H3,(H,20,22)(H3,19,21,23). The first-order chi connectivity index (χ1) is 11.3. The van der Waals surface area contributed by atoms with Gasteiger partial charge in [-0.15, -0.1) is 0 Å². The molecule has 1 heterocycles. The molecule has 0 radical (unpaired) electrons. The molecule has 2 unspecified atom stereocenters. The average Bonchev–Trinajstić information content (AvgIpc) is 2.52. The van der Waals surface area contributed by atoms with Crippen molar-refractivity contribution >= 4 is 17.6 Å². The predicted molar refractivity (Wildman–Crippen MR) is 93.9 cm³/mol.